The Morgan fingerprint density at radius 3 is 2.03 bits per heavy atom. The Balaban J connectivity index is 2.08. The van der Waals surface area contributed by atoms with E-state index in [0.29, 0.717) is 19.3 Å². The lowest BCUT2D eigenvalue weighted by Gasteiger charge is -2.24. The summed E-state index contributed by atoms with van der Waals surface area (Å²) in [6, 6.07) is 17.1. The molecule has 0 heterocycles. The Hall–Kier alpha value is -1.86. The van der Waals surface area contributed by atoms with Crippen LogP contribution in [0.25, 0.3) is 11.1 Å². The number of ether oxygens (including phenoxy) is 2. The van der Waals surface area contributed by atoms with Gasteiger partial charge in [-0.15, -0.1) is 0 Å². The highest BCUT2D eigenvalue weighted by Crippen LogP contribution is 2.38. The first-order valence-electron chi connectivity index (χ1n) is 11.3. The molecule has 0 aliphatic carbocycles. The molecule has 5 nitrogen and oxygen atoms in total. The van der Waals surface area contributed by atoms with Gasteiger partial charge in [0.25, 0.3) is 0 Å². The van der Waals surface area contributed by atoms with Gasteiger partial charge in [-0.25, -0.2) is 0 Å². The summed E-state index contributed by atoms with van der Waals surface area (Å²) in [7, 11) is 2.31. The van der Waals surface area contributed by atoms with Crippen molar-refractivity contribution in [3.8, 4) is 22.6 Å². The van der Waals surface area contributed by atoms with Crippen molar-refractivity contribution in [3.63, 3.8) is 0 Å². The quantitative estimate of drug-likeness (QED) is 0.222. The van der Waals surface area contributed by atoms with Crippen LogP contribution in [0.3, 0.4) is 0 Å². The summed E-state index contributed by atoms with van der Waals surface area (Å²) in [5.41, 5.74) is 2.15. The molecular weight excluding hydrogens is 408 g/mol. The first kappa shape index (κ1) is 25.4. The van der Waals surface area contributed by atoms with E-state index in [1.165, 1.54) is 25.7 Å². The van der Waals surface area contributed by atoms with E-state index in [1.807, 2.05) is 30.3 Å². The Labute approximate surface area is 189 Å². The van der Waals surface area contributed by atoms with E-state index in [1.54, 1.807) is 21.3 Å². The lowest BCUT2D eigenvalue weighted by molar-refractivity contribution is 0.121. The third-order valence-corrected chi connectivity index (χ3v) is 8.21. The molecule has 0 radical (unpaired) electrons. The zero-order valence-electron chi connectivity index (χ0n) is 19.5. The fourth-order valence-corrected chi connectivity index (χ4v) is 5.22. The van der Waals surface area contributed by atoms with E-state index >= 15 is 0 Å². The third-order valence-electron chi connectivity index (χ3n) is 5.38. The molecule has 2 rings (SSSR count). The molecular formula is C25H38O5Si. The Morgan fingerprint density at radius 2 is 1.35 bits per heavy atom. The van der Waals surface area contributed by atoms with Crippen LogP contribution in [-0.2, 0) is 13.3 Å². The molecule has 31 heavy (non-hydrogen) atoms. The molecule has 2 aromatic rings. The van der Waals surface area contributed by atoms with Crippen molar-refractivity contribution in [2.45, 2.75) is 51.5 Å². The van der Waals surface area contributed by atoms with Crippen LogP contribution in [0.5, 0.6) is 11.5 Å². The minimum absolute atomic E-state index is 0.529. The maximum atomic E-state index is 6.28. The highest BCUT2D eigenvalue weighted by atomic mass is 28.4. The first-order valence-corrected chi connectivity index (χ1v) is 13.2. The fourth-order valence-electron chi connectivity index (χ4n) is 3.53. The van der Waals surface area contributed by atoms with E-state index < -0.39 is 8.80 Å². The van der Waals surface area contributed by atoms with E-state index in [2.05, 4.69) is 25.1 Å². The number of para-hydroxylation sites is 1. The smallest absolute Gasteiger partial charge is 0.490 e. The topological polar surface area (TPSA) is 46.2 Å². The number of hydrogen-bond acceptors (Lipinski definition) is 5. The van der Waals surface area contributed by atoms with Gasteiger partial charge in [-0.2, -0.15) is 0 Å². The molecule has 0 saturated heterocycles. The lowest BCUT2D eigenvalue weighted by Crippen LogP contribution is -2.42. The molecule has 0 saturated carbocycles. The number of unbranched alkanes of at least 4 members (excludes halogenated alkanes) is 4. The molecule has 0 spiro atoms. The number of benzene rings is 2. The Kier molecular flexibility index (Phi) is 11.7. The summed E-state index contributed by atoms with van der Waals surface area (Å²) in [6.07, 6.45) is 6.81. The molecule has 2 aromatic carbocycles. The molecule has 0 N–H and O–H groups in total. The summed E-state index contributed by atoms with van der Waals surface area (Å²) in [6.45, 7) is 3.46. The predicted octanol–water partition coefficient (Wildman–Crippen LogP) is 6.35. The standard InChI is InChI=1S/C25H38O5Si/c1-5-6-7-8-12-19-29-24-18-13-17-23(22-15-10-9-11-16-22)25(24)30-20-14-21-31(26-2,27-3)28-4/h9-11,13,15-18H,5-8,12,14,19-21H2,1-4H3. The number of rotatable bonds is 16. The first-order chi connectivity index (χ1) is 15.2. The Bertz CT molecular complexity index is 726. The van der Waals surface area contributed by atoms with Crippen LogP contribution < -0.4 is 9.47 Å². The molecule has 0 aromatic heterocycles. The highest BCUT2D eigenvalue weighted by Gasteiger charge is 2.37. The predicted molar refractivity (Wildman–Crippen MR) is 128 cm³/mol. The average molecular weight is 447 g/mol. The normalized spacial score (nSPS) is 11.5. The molecule has 0 atom stereocenters. The van der Waals surface area contributed by atoms with Crippen molar-refractivity contribution in [2.24, 2.45) is 0 Å². The highest BCUT2D eigenvalue weighted by molar-refractivity contribution is 6.60. The summed E-state index contributed by atoms with van der Waals surface area (Å²) >= 11 is 0. The van der Waals surface area contributed by atoms with Gasteiger partial charge in [0.1, 0.15) is 0 Å². The van der Waals surface area contributed by atoms with Gasteiger partial charge in [0.15, 0.2) is 11.5 Å². The van der Waals surface area contributed by atoms with Crippen LogP contribution in [0.15, 0.2) is 48.5 Å². The van der Waals surface area contributed by atoms with Crippen LogP contribution in [0.2, 0.25) is 6.04 Å². The molecule has 0 aliphatic rings. The zero-order chi connectivity index (χ0) is 22.4. The van der Waals surface area contributed by atoms with Crippen LogP contribution >= 0.6 is 0 Å². The van der Waals surface area contributed by atoms with Gasteiger partial charge < -0.3 is 22.8 Å². The van der Waals surface area contributed by atoms with Crippen molar-refractivity contribution in [1.82, 2.24) is 0 Å². The number of hydrogen-bond donors (Lipinski definition) is 0. The maximum Gasteiger partial charge on any atom is 0.500 e. The van der Waals surface area contributed by atoms with E-state index in [-0.39, 0.29) is 0 Å². The molecule has 6 heteroatoms. The van der Waals surface area contributed by atoms with Crippen LogP contribution in [0.4, 0.5) is 0 Å². The van der Waals surface area contributed by atoms with Crippen LogP contribution in [0, 0.1) is 0 Å². The minimum Gasteiger partial charge on any atom is -0.490 e. The van der Waals surface area contributed by atoms with Crippen LogP contribution in [0.1, 0.15) is 45.4 Å². The average Bonchev–Trinajstić information content (AvgIpc) is 2.83. The van der Waals surface area contributed by atoms with E-state index in [9.17, 15) is 0 Å². The summed E-state index contributed by atoms with van der Waals surface area (Å²) in [5, 5.41) is 0. The zero-order valence-corrected chi connectivity index (χ0v) is 20.5. The summed E-state index contributed by atoms with van der Waals surface area (Å²) in [4.78, 5) is 0. The molecule has 172 valence electrons. The monoisotopic (exact) mass is 446 g/mol. The minimum atomic E-state index is -2.60. The van der Waals surface area contributed by atoms with E-state index in [4.69, 9.17) is 22.8 Å². The largest absolute Gasteiger partial charge is 0.500 e. The summed E-state index contributed by atoms with van der Waals surface area (Å²) in [5.74, 6) is 1.59. The van der Waals surface area contributed by atoms with Crippen molar-refractivity contribution in [1.29, 1.82) is 0 Å². The van der Waals surface area contributed by atoms with Crippen LogP contribution in [-0.4, -0.2) is 43.3 Å². The van der Waals surface area contributed by atoms with Gasteiger partial charge in [-0.05, 0) is 24.5 Å². The lowest BCUT2D eigenvalue weighted by atomic mass is 10.0. The second-order valence-corrected chi connectivity index (χ2v) is 10.6. The van der Waals surface area contributed by atoms with Crippen molar-refractivity contribution >= 4 is 8.80 Å². The molecule has 0 aliphatic heterocycles. The SMILES string of the molecule is CCCCCCCOc1cccc(-c2ccccc2)c1OCCC[Si](OC)(OC)OC. The van der Waals surface area contributed by atoms with Gasteiger partial charge in [0.05, 0.1) is 13.2 Å². The second kappa shape index (κ2) is 14.2. The summed E-state index contributed by atoms with van der Waals surface area (Å²) < 4.78 is 29.0. The van der Waals surface area contributed by atoms with Gasteiger partial charge in [0, 0.05) is 32.9 Å². The molecule has 0 unspecified atom stereocenters. The fraction of sp³-hybridized carbons (Fsp3) is 0.520. The van der Waals surface area contributed by atoms with Gasteiger partial charge >= 0.3 is 8.80 Å². The maximum absolute atomic E-state index is 6.28. The van der Waals surface area contributed by atoms with Gasteiger partial charge in [0.2, 0.25) is 0 Å². The molecule has 0 fully saturated rings. The second-order valence-electron chi connectivity index (χ2n) is 7.51. The van der Waals surface area contributed by atoms with Gasteiger partial charge in [-0.1, -0.05) is 75.1 Å². The molecule has 0 bridgehead atoms. The third kappa shape index (κ3) is 7.96. The van der Waals surface area contributed by atoms with Crippen molar-refractivity contribution in [3.05, 3.63) is 48.5 Å². The van der Waals surface area contributed by atoms with Gasteiger partial charge in [-0.3, -0.25) is 0 Å². The molecule has 0 amide bonds. The van der Waals surface area contributed by atoms with Crippen molar-refractivity contribution in [2.75, 3.05) is 34.5 Å². The Morgan fingerprint density at radius 1 is 0.677 bits per heavy atom. The van der Waals surface area contributed by atoms with Crippen molar-refractivity contribution < 1.29 is 22.8 Å². The van der Waals surface area contributed by atoms with E-state index in [0.717, 1.165) is 35.5 Å².